The Kier molecular flexibility index (Phi) is 5.67. The van der Waals surface area contributed by atoms with E-state index in [1.165, 1.54) is 7.11 Å². The van der Waals surface area contributed by atoms with Crippen molar-refractivity contribution in [3.05, 3.63) is 48.0 Å². The molecule has 1 saturated heterocycles. The molecule has 6 nitrogen and oxygen atoms in total. The molecule has 0 saturated carbocycles. The van der Waals surface area contributed by atoms with Gasteiger partial charge in [0.05, 0.1) is 30.3 Å². The van der Waals surface area contributed by atoms with Crippen LogP contribution in [0.3, 0.4) is 0 Å². The maximum atomic E-state index is 12.7. The lowest BCUT2D eigenvalue weighted by molar-refractivity contribution is -0.122. The number of benzene rings is 2. The zero-order chi connectivity index (χ0) is 19.4. The Hall–Kier alpha value is -2.98. The van der Waals surface area contributed by atoms with Crippen molar-refractivity contribution < 1.29 is 14.3 Å². The minimum absolute atomic E-state index is 0.0789. The highest BCUT2D eigenvalue weighted by Crippen LogP contribution is 2.30. The second-order valence-electron chi connectivity index (χ2n) is 6.12. The SMILES string of the molecule is COc1ccc(C#N)cc1NC(=O)C1CC(=O)N(c2ccc(SC)cc2)C1. The number of methoxy groups -OCH3 is 1. The fourth-order valence-electron chi connectivity index (χ4n) is 3.00. The van der Waals surface area contributed by atoms with E-state index in [-0.39, 0.29) is 18.2 Å². The lowest BCUT2D eigenvalue weighted by atomic mass is 10.1. The van der Waals surface area contributed by atoms with Crippen LogP contribution in [0.4, 0.5) is 11.4 Å². The van der Waals surface area contributed by atoms with Crippen LogP contribution in [0.5, 0.6) is 5.75 Å². The van der Waals surface area contributed by atoms with E-state index in [2.05, 4.69) is 5.32 Å². The summed E-state index contributed by atoms with van der Waals surface area (Å²) in [5.41, 5.74) is 1.64. The third-order valence-electron chi connectivity index (χ3n) is 4.47. The Morgan fingerprint density at radius 1 is 1.30 bits per heavy atom. The molecule has 1 atom stereocenters. The number of nitriles is 1. The van der Waals surface area contributed by atoms with Crippen molar-refractivity contribution in [1.29, 1.82) is 5.26 Å². The number of anilines is 2. The van der Waals surface area contributed by atoms with Crippen LogP contribution in [0, 0.1) is 17.2 Å². The zero-order valence-corrected chi connectivity index (χ0v) is 15.9. The minimum atomic E-state index is -0.465. The average molecular weight is 381 g/mol. The van der Waals surface area contributed by atoms with Crippen molar-refractivity contribution in [1.82, 2.24) is 0 Å². The van der Waals surface area contributed by atoms with Gasteiger partial charge in [-0.15, -0.1) is 11.8 Å². The number of nitrogens with one attached hydrogen (secondary N) is 1. The van der Waals surface area contributed by atoms with Gasteiger partial charge < -0.3 is 15.0 Å². The van der Waals surface area contributed by atoms with Crippen LogP contribution in [-0.2, 0) is 9.59 Å². The van der Waals surface area contributed by atoms with Gasteiger partial charge in [0.1, 0.15) is 5.75 Å². The Balaban J connectivity index is 1.73. The molecule has 138 valence electrons. The standard InChI is InChI=1S/C20H19N3O3S/c1-26-18-8-3-13(11-21)9-17(18)22-20(25)14-10-19(24)23(12-14)15-4-6-16(27-2)7-5-15/h3-9,14H,10,12H2,1-2H3,(H,22,25). The summed E-state index contributed by atoms with van der Waals surface area (Å²) in [4.78, 5) is 27.8. The van der Waals surface area contributed by atoms with E-state index >= 15 is 0 Å². The number of hydrogen-bond donors (Lipinski definition) is 1. The predicted molar refractivity (Wildman–Crippen MR) is 105 cm³/mol. The highest BCUT2D eigenvalue weighted by molar-refractivity contribution is 7.98. The summed E-state index contributed by atoms with van der Waals surface area (Å²) in [5.74, 6) is -0.339. The van der Waals surface area contributed by atoms with E-state index in [1.807, 2.05) is 36.6 Å². The van der Waals surface area contributed by atoms with Gasteiger partial charge in [-0.25, -0.2) is 0 Å². The van der Waals surface area contributed by atoms with Crippen LogP contribution in [0.15, 0.2) is 47.4 Å². The van der Waals surface area contributed by atoms with Crippen LogP contribution in [-0.4, -0.2) is 31.7 Å². The van der Waals surface area contributed by atoms with Crippen LogP contribution in [0.25, 0.3) is 0 Å². The van der Waals surface area contributed by atoms with Crippen molar-refractivity contribution in [3.8, 4) is 11.8 Å². The Labute approximate surface area is 162 Å². The van der Waals surface area contributed by atoms with E-state index in [1.54, 1.807) is 34.9 Å². The Morgan fingerprint density at radius 3 is 2.67 bits per heavy atom. The first kappa shape index (κ1) is 18.8. The lowest BCUT2D eigenvalue weighted by Gasteiger charge is -2.17. The van der Waals surface area contributed by atoms with Crippen molar-refractivity contribution in [3.63, 3.8) is 0 Å². The molecular formula is C20H19N3O3S. The molecule has 0 bridgehead atoms. The van der Waals surface area contributed by atoms with Gasteiger partial charge in [-0.2, -0.15) is 5.26 Å². The number of thioether (sulfide) groups is 1. The smallest absolute Gasteiger partial charge is 0.229 e. The van der Waals surface area contributed by atoms with Gasteiger partial charge in [0.25, 0.3) is 0 Å². The number of hydrogen-bond acceptors (Lipinski definition) is 5. The Bertz CT molecular complexity index is 906. The number of rotatable bonds is 5. The molecule has 0 radical (unpaired) electrons. The molecule has 2 amide bonds. The number of ether oxygens (including phenoxy) is 1. The first-order valence-corrected chi connectivity index (χ1v) is 9.61. The zero-order valence-electron chi connectivity index (χ0n) is 15.1. The fraction of sp³-hybridized carbons (Fsp3) is 0.250. The highest BCUT2D eigenvalue weighted by atomic mass is 32.2. The van der Waals surface area contributed by atoms with E-state index < -0.39 is 5.92 Å². The largest absolute Gasteiger partial charge is 0.495 e. The minimum Gasteiger partial charge on any atom is -0.495 e. The quantitative estimate of drug-likeness (QED) is 0.804. The van der Waals surface area contributed by atoms with Gasteiger partial charge in [0.2, 0.25) is 11.8 Å². The molecule has 1 N–H and O–H groups in total. The fourth-order valence-corrected chi connectivity index (χ4v) is 3.41. The van der Waals surface area contributed by atoms with Crippen LogP contribution in [0.1, 0.15) is 12.0 Å². The van der Waals surface area contributed by atoms with Crippen LogP contribution in [0.2, 0.25) is 0 Å². The van der Waals surface area contributed by atoms with Gasteiger partial charge in [-0.1, -0.05) is 0 Å². The normalized spacial score (nSPS) is 16.1. The second-order valence-corrected chi connectivity index (χ2v) is 7.00. The lowest BCUT2D eigenvalue weighted by Crippen LogP contribution is -2.28. The van der Waals surface area contributed by atoms with Gasteiger partial charge in [0, 0.05) is 23.5 Å². The van der Waals surface area contributed by atoms with Gasteiger partial charge >= 0.3 is 0 Å². The third kappa shape index (κ3) is 4.07. The third-order valence-corrected chi connectivity index (χ3v) is 5.21. The second kappa shape index (κ2) is 8.14. The summed E-state index contributed by atoms with van der Waals surface area (Å²) in [6, 6.07) is 14.5. The molecule has 0 aliphatic carbocycles. The molecule has 1 aliphatic heterocycles. The van der Waals surface area contributed by atoms with Crippen molar-refractivity contribution in [2.24, 2.45) is 5.92 Å². The number of amides is 2. The van der Waals surface area contributed by atoms with E-state index in [0.29, 0.717) is 23.5 Å². The van der Waals surface area contributed by atoms with Crippen LogP contribution < -0.4 is 15.0 Å². The molecule has 1 unspecified atom stereocenters. The molecule has 3 rings (SSSR count). The summed E-state index contributed by atoms with van der Waals surface area (Å²) < 4.78 is 5.24. The van der Waals surface area contributed by atoms with E-state index in [0.717, 1.165) is 10.6 Å². The maximum absolute atomic E-state index is 12.7. The molecule has 0 spiro atoms. The highest BCUT2D eigenvalue weighted by Gasteiger charge is 2.35. The summed E-state index contributed by atoms with van der Waals surface area (Å²) in [6.07, 6.45) is 2.14. The first-order valence-electron chi connectivity index (χ1n) is 8.39. The Morgan fingerprint density at radius 2 is 2.04 bits per heavy atom. The molecule has 2 aromatic rings. The molecule has 1 heterocycles. The molecule has 27 heavy (non-hydrogen) atoms. The van der Waals surface area contributed by atoms with Crippen molar-refractivity contribution >= 4 is 35.0 Å². The van der Waals surface area contributed by atoms with Crippen LogP contribution >= 0.6 is 11.8 Å². The topological polar surface area (TPSA) is 82.4 Å². The molecule has 0 aromatic heterocycles. The average Bonchev–Trinajstić information content (AvgIpc) is 3.09. The number of carbonyl (C=O) groups excluding carboxylic acids is 2. The first-order chi connectivity index (χ1) is 13.0. The molecule has 7 heteroatoms. The summed E-state index contributed by atoms with van der Waals surface area (Å²) in [5, 5.41) is 11.8. The van der Waals surface area contributed by atoms with Crippen molar-refractivity contribution in [2.45, 2.75) is 11.3 Å². The molecule has 1 fully saturated rings. The van der Waals surface area contributed by atoms with Gasteiger partial charge in [-0.3, -0.25) is 9.59 Å². The summed E-state index contributed by atoms with van der Waals surface area (Å²) in [7, 11) is 1.50. The molecule has 1 aliphatic rings. The number of nitrogens with zero attached hydrogens (tertiary/aromatic N) is 2. The van der Waals surface area contributed by atoms with Crippen molar-refractivity contribution in [2.75, 3.05) is 30.1 Å². The summed E-state index contributed by atoms with van der Waals surface area (Å²) in [6.45, 7) is 0.323. The predicted octanol–water partition coefficient (Wildman–Crippen LogP) is 3.28. The number of carbonyl (C=O) groups is 2. The molecule has 2 aromatic carbocycles. The van der Waals surface area contributed by atoms with Gasteiger partial charge in [-0.05, 0) is 48.7 Å². The monoisotopic (exact) mass is 381 g/mol. The van der Waals surface area contributed by atoms with Gasteiger partial charge in [0.15, 0.2) is 0 Å². The molecular weight excluding hydrogens is 362 g/mol. The maximum Gasteiger partial charge on any atom is 0.229 e. The summed E-state index contributed by atoms with van der Waals surface area (Å²) >= 11 is 1.63. The van der Waals surface area contributed by atoms with E-state index in [9.17, 15) is 9.59 Å². The van der Waals surface area contributed by atoms with E-state index in [4.69, 9.17) is 10.00 Å².